The maximum Gasteiger partial charge on any atom is 0.123 e. The Morgan fingerprint density at radius 3 is 2.59 bits per heavy atom. The molecule has 1 heterocycles. The lowest BCUT2D eigenvalue weighted by atomic mass is 9.77. The number of rotatable bonds is 1. The Balaban J connectivity index is 1.82. The van der Waals surface area contributed by atoms with Crippen LogP contribution in [0.25, 0.3) is 0 Å². The molecule has 0 radical (unpaired) electrons. The fourth-order valence-electron chi connectivity index (χ4n) is 3.60. The molecule has 22 heavy (non-hydrogen) atoms. The van der Waals surface area contributed by atoms with Crippen molar-refractivity contribution in [3.63, 3.8) is 0 Å². The van der Waals surface area contributed by atoms with Crippen LogP contribution >= 0.6 is 23.2 Å². The van der Waals surface area contributed by atoms with Crippen molar-refractivity contribution in [3.8, 4) is 0 Å². The minimum atomic E-state index is -0.220. The number of hydrogen-bond donors (Lipinski definition) is 1. The zero-order chi connectivity index (χ0) is 15.3. The van der Waals surface area contributed by atoms with E-state index in [2.05, 4.69) is 17.5 Å². The van der Waals surface area contributed by atoms with E-state index >= 15 is 0 Å². The summed E-state index contributed by atoms with van der Waals surface area (Å²) >= 11 is 12.6. The van der Waals surface area contributed by atoms with Gasteiger partial charge < -0.3 is 5.32 Å². The molecule has 1 nitrogen and oxygen atoms in total. The molecule has 0 spiro atoms. The monoisotopic (exact) mass is 333 g/mol. The van der Waals surface area contributed by atoms with Crippen LogP contribution < -0.4 is 5.32 Å². The predicted molar refractivity (Wildman–Crippen MR) is 89.2 cm³/mol. The van der Waals surface area contributed by atoms with Crippen molar-refractivity contribution in [1.29, 1.82) is 0 Å². The zero-order valence-electron chi connectivity index (χ0n) is 11.7. The van der Waals surface area contributed by atoms with Gasteiger partial charge in [0.05, 0.1) is 21.8 Å². The van der Waals surface area contributed by atoms with E-state index in [1.165, 1.54) is 17.7 Å². The molecular weight excluding hydrogens is 320 g/mol. The van der Waals surface area contributed by atoms with Gasteiger partial charge in [0.1, 0.15) is 5.82 Å². The Hall–Kier alpha value is -1.51. The summed E-state index contributed by atoms with van der Waals surface area (Å²) in [6.07, 6.45) is 5.45. The van der Waals surface area contributed by atoms with E-state index in [9.17, 15) is 4.39 Å². The third kappa shape index (κ3) is 2.13. The lowest BCUT2D eigenvalue weighted by Gasteiger charge is -2.38. The lowest BCUT2D eigenvalue weighted by molar-refractivity contribution is 0.425. The molecule has 0 fully saturated rings. The van der Waals surface area contributed by atoms with Crippen LogP contribution in [0, 0.1) is 11.7 Å². The first kappa shape index (κ1) is 14.1. The third-order valence-electron chi connectivity index (χ3n) is 4.66. The van der Waals surface area contributed by atoms with Crippen molar-refractivity contribution in [2.75, 3.05) is 5.32 Å². The molecule has 0 unspecified atom stereocenters. The van der Waals surface area contributed by atoms with Gasteiger partial charge in [-0.15, -0.1) is 0 Å². The van der Waals surface area contributed by atoms with Gasteiger partial charge in [0.15, 0.2) is 0 Å². The normalized spacial score (nSPS) is 25.5. The van der Waals surface area contributed by atoms with Crippen LogP contribution in [-0.4, -0.2) is 0 Å². The third-order valence-corrected chi connectivity index (χ3v) is 5.46. The van der Waals surface area contributed by atoms with E-state index in [1.807, 2.05) is 24.3 Å². The zero-order valence-corrected chi connectivity index (χ0v) is 13.2. The summed E-state index contributed by atoms with van der Waals surface area (Å²) in [5.41, 5.74) is 3.16. The maximum absolute atomic E-state index is 13.2. The molecule has 0 amide bonds. The van der Waals surface area contributed by atoms with Gasteiger partial charge in [-0.3, -0.25) is 0 Å². The van der Waals surface area contributed by atoms with Gasteiger partial charge in [0.25, 0.3) is 0 Å². The van der Waals surface area contributed by atoms with Crippen molar-refractivity contribution in [1.82, 2.24) is 0 Å². The first-order valence-corrected chi connectivity index (χ1v) is 8.07. The second-order valence-corrected chi connectivity index (χ2v) is 6.64. The van der Waals surface area contributed by atoms with Crippen LogP contribution in [0.4, 0.5) is 10.1 Å². The molecule has 1 aliphatic carbocycles. The highest BCUT2D eigenvalue weighted by atomic mass is 35.5. The van der Waals surface area contributed by atoms with Gasteiger partial charge in [-0.2, -0.15) is 0 Å². The Labute approximate surface area is 138 Å². The summed E-state index contributed by atoms with van der Waals surface area (Å²) < 4.78 is 13.2. The highest BCUT2D eigenvalue weighted by Gasteiger charge is 2.38. The van der Waals surface area contributed by atoms with Gasteiger partial charge in [-0.05, 0) is 41.7 Å². The predicted octanol–water partition coefficient (Wildman–Crippen LogP) is 5.96. The highest BCUT2D eigenvalue weighted by Crippen LogP contribution is 2.52. The Morgan fingerprint density at radius 2 is 1.82 bits per heavy atom. The van der Waals surface area contributed by atoms with Crippen LogP contribution in [0.1, 0.15) is 29.5 Å². The van der Waals surface area contributed by atoms with E-state index in [0.29, 0.717) is 21.9 Å². The molecule has 112 valence electrons. The number of nitrogens with one attached hydrogen (secondary N) is 1. The lowest BCUT2D eigenvalue weighted by Crippen LogP contribution is -2.29. The average Bonchev–Trinajstić information content (AvgIpc) is 3.01. The van der Waals surface area contributed by atoms with Crippen LogP contribution in [0.2, 0.25) is 10.0 Å². The number of fused-ring (bicyclic) bond motifs is 3. The first-order chi connectivity index (χ1) is 10.6. The average molecular weight is 334 g/mol. The second-order valence-electron chi connectivity index (χ2n) is 5.85. The number of allylic oxidation sites excluding steroid dienone is 2. The molecular formula is C18H14Cl2FN. The molecule has 1 aliphatic heterocycles. The summed E-state index contributed by atoms with van der Waals surface area (Å²) in [4.78, 5) is 0. The Kier molecular flexibility index (Phi) is 3.39. The van der Waals surface area contributed by atoms with E-state index in [-0.39, 0.29) is 11.9 Å². The molecule has 0 saturated carbocycles. The van der Waals surface area contributed by atoms with Gasteiger partial charge in [0, 0.05) is 5.92 Å². The molecule has 4 rings (SSSR count). The molecule has 0 aromatic heterocycles. The largest absolute Gasteiger partial charge is 0.376 e. The van der Waals surface area contributed by atoms with E-state index < -0.39 is 0 Å². The van der Waals surface area contributed by atoms with Gasteiger partial charge in [-0.1, -0.05) is 53.6 Å². The topological polar surface area (TPSA) is 12.0 Å². The highest BCUT2D eigenvalue weighted by molar-refractivity contribution is 6.43. The molecule has 2 aromatic carbocycles. The standard InChI is InChI=1S/C18H14Cl2FN/c19-15-9-8-14-12-2-1-3-13(12)17(22-18(14)16(15)20)10-4-6-11(21)7-5-10/h1-2,4-9,12-13,17,22H,3H2/t12-,13-,17+/m0/s1. The number of anilines is 1. The molecule has 2 aromatic rings. The van der Waals surface area contributed by atoms with E-state index in [1.54, 1.807) is 0 Å². The van der Waals surface area contributed by atoms with Crippen LogP contribution in [-0.2, 0) is 0 Å². The quantitative estimate of drug-likeness (QED) is 0.635. The van der Waals surface area contributed by atoms with Crippen molar-refractivity contribution in [2.24, 2.45) is 5.92 Å². The van der Waals surface area contributed by atoms with Crippen LogP contribution in [0.15, 0.2) is 48.6 Å². The smallest absolute Gasteiger partial charge is 0.123 e. The SMILES string of the molecule is Fc1ccc([C@H]2Nc3c(ccc(Cl)c3Cl)[C@H]3C=CC[C@@H]32)cc1. The van der Waals surface area contributed by atoms with Gasteiger partial charge in [0.2, 0.25) is 0 Å². The fourth-order valence-corrected chi connectivity index (χ4v) is 3.99. The number of benzene rings is 2. The summed E-state index contributed by atoms with van der Waals surface area (Å²) in [5, 5.41) is 4.64. The second kappa shape index (κ2) is 5.29. The van der Waals surface area contributed by atoms with Crippen molar-refractivity contribution in [3.05, 3.63) is 75.5 Å². The summed E-state index contributed by atoms with van der Waals surface area (Å²) in [5.74, 6) is 0.512. The van der Waals surface area contributed by atoms with E-state index in [0.717, 1.165) is 17.7 Å². The Bertz CT molecular complexity index is 754. The van der Waals surface area contributed by atoms with Crippen LogP contribution in [0.5, 0.6) is 0 Å². The molecule has 1 N–H and O–H groups in total. The molecule has 3 atom stereocenters. The fraction of sp³-hybridized carbons (Fsp3) is 0.222. The summed E-state index contributed by atoms with van der Waals surface area (Å²) in [6, 6.07) is 10.7. The van der Waals surface area contributed by atoms with E-state index in [4.69, 9.17) is 23.2 Å². The van der Waals surface area contributed by atoms with Crippen molar-refractivity contribution in [2.45, 2.75) is 18.4 Å². The number of halogens is 3. The minimum Gasteiger partial charge on any atom is -0.376 e. The summed E-state index contributed by atoms with van der Waals surface area (Å²) in [6.45, 7) is 0. The minimum absolute atomic E-state index is 0.101. The molecule has 0 bridgehead atoms. The molecule has 2 aliphatic rings. The Morgan fingerprint density at radius 1 is 1.05 bits per heavy atom. The van der Waals surface area contributed by atoms with Crippen molar-refractivity contribution < 1.29 is 4.39 Å². The van der Waals surface area contributed by atoms with Gasteiger partial charge >= 0.3 is 0 Å². The van der Waals surface area contributed by atoms with Crippen molar-refractivity contribution >= 4 is 28.9 Å². The van der Waals surface area contributed by atoms with Gasteiger partial charge in [-0.25, -0.2) is 4.39 Å². The molecule has 0 saturated heterocycles. The summed E-state index contributed by atoms with van der Waals surface area (Å²) in [7, 11) is 0. The van der Waals surface area contributed by atoms with Crippen LogP contribution in [0.3, 0.4) is 0 Å². The molecule has 4 heteroatoms. The number of hydrogen-bond acceptors (Lipinski definition) is 1. The first-order valence-electron chi connectivity index (χ1n) is 7.31. The maximum atomic E-state index is 13.2.